The first-order chi connectivity index (χ1) is 8.52. The van der Waals surface area contributed by atoms with Crippen LogP contribution in [0.3, 0.4) is 0 Å². The second-order valence-corrected chi connectivity index (χ2v) is 4.30. The maximum absolute atomic E-state index is 11.0. The van der Waals surface area contributed by atoms with E-state index in [9.17, 15) is 9.59 Å². The number of aromatic carboxylic acids is 1. The zero-order valence-electron chi connectivity index (χ0n) is 10.7. The summed E-state index contributed by atoms with van der Waals surface area (Å²) in [5.74, 6) is -0.809. The maximum Gasteiger partial charge on any atom is 0.335 e. The van der Waals surface area contributed by atoms with Gasteiger partial charge in [0, 0.05) is 13.5 Å². The van der Waals surface area contributed by atoms with Crippen molar-refractivity contribution in [2.75, 3.05) is 7.11 Å². The SMILES string of the molecule is COC(CCc1ccc(C(=O)O)cc1)CC(C)=O. The van der Waals surface area contributed by atoms with E-state index in [1.807, 2.05) is 0 Å². The molecule has 0 aliphatic rings. The van der Waals surface area contributed by atoms with Crippen LogP contribution in [0.1, 0.15) is 35.7 Å². The van der Waals surface area contributed by atoms with Gasteiger partial charge < -0.3 is 9.84 Å². The summed E-state index contributed by atoms with van der Waals surface area (Å²) in [7, 11) is 1.60. The third-order valence-electron chi connectivity index (χ3n) is 2.80. The second kappa shape index (κ2) is 6.91. The minimum absolute atomic E-state index is 0.0679. The molecule has 0 spiro atoms. The first kappa shape index (κ1) is 14.4. The van der Waals surface area contributed by atoms with Gasteiger partial charge in [-0.25, -0.2) is 4.79 Å². The van der Waals surface area contributed by atoms with Gasteiger partial charge in [-0.1, -0.05) is 12.1 Å². The minimum Gasteiger partial charge on any atom is -0.478 e. The lowest BCUT2D eigenvalue weighted by Crippen LogP contribution is -2.15. The van der Waals surface area contributed by atoms with Gasteiger partial charge in [0.25, 0.3) is 0 Å². The van der Waals surface area contributed by atoms with Crippen molar-refractivity contribution in [1.82, 2.24) is 0 Å². The van der Waals surface area contributed by atoms with Crippen LogP contribution in [0, 0.1) is 0 Å². The molecule has 1 aromatic carbocycles. The van der Waals surface area contributed by atoms with Crippen molar-refractivity contribution in [3.05, 3.63) is 35.4 Å². The highest BCUT2D eigenvalue weighted by Crippen LogP contribution is 2.11. The predicted molar refractivity (Wildman–Crippen MR) is 67.8 cm³/mol. The molecule has 0 bridgehead atoms. The number of Topliss-reactive ketones (excluding diaryl/α,β-unsaturated/α-hetero) is 1. The molecule has 0 amide bonds. The van der Waals surface area contributed by atoms with Crippen molar-refractivity contribution in [2.24, 2.45) is 0 Å². The molecule has 0 fully saturated rings. The zero-order valence-corrected chi connectivity index (χ0v) is 10.7. The predicted octanol–water partition coefficient (Wildman–Crippen LogP) is 2.31. The molecule has 4 heteroatoms. The number of ether oxygens (including phenoxy) is 1. The van der Waals surface area contributed by atoms with Gasteiger partial charge in [0.15, 0.2) is 0 Å². The van der Waals surface area contributed by atoms with Gasteiger partial charge in [-0.3, -0.25) is 4.79 Å². The van der Waals surface area contributed by atoms with Crippen molar-refractivity contribution < 1.29 is 19.4 Å². The van der Waals surface area contributed by atoms with Crippen LogP contribution in [0.15, 0.2) is 24.3 Å². The zero-order chi connectivity index (χ0) is 13.5. The number of ketones is 1. The third kappa shape index (κ3) is 4.67. The molecular weight excluding hydrogens is 232 g/mol. The number of benzene rings is 1. The summed E-state index contributed by atoms with van der Waals surface area (Å²) in [6.45, 7) is 1.55. The molecular formula is C14H18O4. The van der Waals surface area contributed by atoms with Crippen molar-refractivity contribution in [3.8, 4) is 0 Å². The summed E-state index contributed by atoms with van der Waals surface area (Å²) in [5.41, 5.74) is 1.33. The van der Waals surface area contributed by atoms with E-state index in [0.717, 1.165) is 18.4 Å². The second-order valence-electron chi connectivity index (χ2n) is 4.30. The van der Waals surface area contributed by atoms with Crippen LogP contribution in [-0.4, -0.2) is 30.1 Å². The fourth-order valence-corrected chi connectivity index (χ4v) is 1.77. The number of hydrogen-bond acceptors (Lipinski definition) is 3. The Kier molecular flexibility index (Phi) is 5.52. The first-order valence-corrected chi connectivity index (χ1v) is 5.87. The van der Waals surface area contributed by atoms with E-state index >= 15 is 0 Å². The van der Waals surface area contributed by atoms with E-state index in [-0.39, 0.29) is 17.5 Å². The molecule has 0 heterocycles. The molecule has 0 saturated carbocycles. The average molecular weight is 250 g/mol. The first-order valence-electron chi connectivity index (χ1n) is 5.87. The Hall–Kier alpha value is -1.68. The molecule has 1 aromatic rings. The molecule has 1 rings (SSSR count). The number of rotatable bonds is 7. The van der Waals surface area contributed by atoms with E-state index in [1.54, 1.807) is 38.3 Å². The summed E-state index contributed by atoms with van der Waals surface area (Å²) < 4.78 is 5.23. The van der Waals surface area contributed by atoms with Crippen LogP contribution >= 0.6 is 0 Å². The number of carbonyl (C=O) groups excluding carboxylic acids is 1. The van der Waals surface area contributed by atoms with Crippen LogP contribution < -0.4 is 0 Å². The van der Waals surface area contributed by atoms with Gasteiger partial charge >= 0.3 is 5.97 Å². The molecule has 18 heavy (non-hydrogen) atoms. The monoisotopic (exact) mass is 250 g/mol. The van der Waals surface area contributed by atoms with Crippen molar-refractivity contribution in [3.63, 3.8) is 0 Å². The lowest BCUT2D eigenvalue weighted by molar-refractivity contribution is -0.119. The molecule has 0 aliphatic carbocycles. The Balaban J connectivity index is 2.52. The van der Waals surface area contributed by atoms with Crippen LogP contribution in [0.2, 0.25) is 0 Å². The summed E-state index contributed by atoms with van der Waals surface area (Å²) in [4.78, 5) is 21.7. The number of hydrogen-bond donors (Lipinski definition) is 1. The minimum atomic E-state index is -0.923. The quantitative estimate of drug-likeness (QED) is 0.806. The average Bonchev–Trinajstić information content (AvgIpc) is 2.34. The third-order valence-corrected chi connectivity index (χ3v) is 2.80. The molecule has 0 radical (unpaired) electrons. The van der Waals surface area contributed by atoms with Crippen LogP contribution in [0.4, 0.5) is 0 Å². The van der Waals surface area contributed by atoms with Gasteiger partial charge in [-0.2, -0.15) is 0 Å². The normalized spacial score (nSPS) is 12.1. The molecule has 1 N–H and O–H groups in total. The van der Waals surface area contributed by atoms with Gasteiger partial charge in [0.1, 0.15) is 5.78 Å². The van der Waals surface area contributed by atoms with Gasteiger partial charge in [-0.05, 0) is 37.5 Å². The van der Waals surface area contributed by atoms with Crippen molar-refractivity contribution in [2.45, 2.75) is 32.3 Å². The standard InChI is InChI=1S/C14H18O4/c1-10(15)9-13(18-2)8-5-11-3-6-12(7-4-11)14(16)17/h3-4,6-7,13H,5,8-9H2,1-2H3,(H,16,17). The highest BCUT2D eigenvalue weighted by Gasteiger charge is 2.10. The molecule has 1 atom stereocenters. The summed E-state index contributed by atoms with van der Waals surface area (Å²) >= 11 is 0. The highest BCUT2D eigenvalue weighted by molar-refractivity contribution is 5.87. The van der Waals surface area contributed by atoms with E-state index in [1.165, 1.54) is 0 Å². The lowest BCUT2D eigenvalue weighted by atomic mass is 10.0. The molecule has 0 aromatic heterocycles. The summed E-state index contributed by atoms with van der Waals surface area (Å²) in [6, 6.07) is 6.77. The molecule has 98 valence electrons. The number of carboxylic acids is 1. The number of carboxylic acid groups (broad SMARTS) is 1. The van der Waals surface area contributed by atoms with E-state index < -0.39 is 5.97 Å². The number of methoxy groups -OCH3 is 1. The molecule has 4 nitrogen and oxygen atoms in total. The van der Waals surface area contributed by atoms with Crippen molar-refractivity contribution in [1.29, 1.82) is 0 Å². The number of aryl methyl sites for hydroxylation is 1. The Morgan fingerprint density at radius 1 is 1.28 bits per heavy atom. The summed E-state index contributed by atoms with van der Waals surface area (Å²) in [6.07, 6.45) is 1.87. The Bertz CT molecular complexity index is 408. The van der Waals surface area contributed by atoms with Gasteiger partial charge in [0.2, 0.25) is 0 Å². The van der Waals surface area contributed by atoms with E-state index in [2.05, 4.69) is 0 Å². The smallest absolute Gasteiger partial charge is 0.335 e. The molecule has 1 unspecified atom stereocenters. The molecule has 0 aliphatic heterocycles. The van der Waals surface area contributed by atoms with Crippen molar-refractivity contribution >= 4 is 11.8 Å². The fraction of sp³-hybridized carbons (Fsp3) is 0.429. The van der Waals surface area contributed by atoms with Gasteiger partial charge in [-0.15, -0.1) is 0 Å². The highest BCUT2D eigenvalue weighted by atomic mass is 16.5. The van der Waals surface area contributed by atoms with E-state index in [0.29, 0.717) is 6.42 Å². The Morgan fingerprint density at radius 2 is 1.89 bits per heavy atom. The fourth-order valence-electron chi connectivity index (χ4n) is 1.77. The lowest BCUT2D eigenvalue weighted by Gasteiger charge is -2.13. The van der Waals surface area contributed by atoms with Crippen LogP contribution in [0.25, 0.3) is 0 Å². The maximum atomic E-state index is 11.0. The Labute approximate surface area is 107 Å². The largest absolute Gasteiger partial charge is 0.478 e. The van der Waals surface area contributed by atoms with Crippen LogP contribution in [-0.2, 0) is 16.0 Å². The number of carbonyl (C=O) groups is 2. The van der Waals surface area contributed by atoms with Crippen LogP contribution in [0.5, 0.6) is 0 Å². The summed E-state index contributed by atoms with van der Waals surface area (Å²) in [5, 5.41) is 8.77. The van der Waals surface area contributed by atoms with Gasteiger partial charge in [0.05, 0.1) is 11.7 Å². The topological polar surface area (TPSA) is 63.6 Å². The molecule has 0 saturated heterocycles. The van der Waals surface area contributed by atoms with E-state index in [4.69, 9.17) is 9.84 Å². The Morgan fingerprint density at radius 3 is 2.33 bits per heavy atom.